The third-order valence-corrected chi connectivity index (χ3v) is 3.72. The molecule has 0 saturated carbocycles. The highest BCUT2D eigenvalue weighted by atomic mass is 16.5. The molecule has 1 aliphatic heterocycles. The zero-order valence-corrected chi connectivity index (χ0v) is 12.4. The van der Waals surface area contributed by atoms with Crippen molar-refractivity contribution in [3.05, 3.63) is 35.4 Å². The Kier molecular flexibility index (Phi) is 4.96. The van der Waals surface area contributed by atoms with E-state index in [-0.39, 0.29) is 5.91 Å². The van der Waals surface area contributed by atoms with Gasteiger partial charge in [-0.25, -0.2) is 4.79 Å². The Morgan fingerprint density at radius 2 is 2.05 bits per heavy atom. The largest absolute Gasteiger partial charge is 0.479 e. The van der Waals surface area contributed by atoms with Gasteiger partial charge in [0, 0.05) is 13.1 Å². The van der Waals surface area contributed by atoms with Crippen molar-refractivity contribution < 1.29 is 19.4 Å². The van der Waals surface area contributed by atoms with Crippen LogP contribution in [0.3, 0.4) is 0 Å². The van der Waals surface area contributed by atoms with Crippen LogP contribution in [0.1, 0.15) is 30.9 Å². The predicted octanol–water partition coefficient (Wildman–Crippen LogP) is 1.98. The van der Waals surface area contributed by atoms with Crippen LogP contribution >= 0.6 is 0 Å². The number of aryl methyl sites for hydroxylation is 1. The first-order valence-electron chi connectivity index (χ1n) is 7.24. The number of carboxylic acids is 1. The number of hydrogen-bond acceptors (Lipinski definition) is 3. The summed E-state index contributed by atoms with van der Waals surface area (Å²) in [6.07, 6.45) is -0.610. The van der Waals surface area contributed by atoms with E-state index in [1.165, 1.54) is 0 Å². The monoisotopic (exact) mass is 291 g/mol. The molecule has 114 valence electrons. The quantitative estimate of drug-likeness (QED) is 0.900. The van der Waals surface area contributed by atoms with Gasteiger partial charge in [0.25, 0.3) is 5.91 Å². The molecule has 0 aromatic heterocycles. The zero-order valence-electron chi connectivity index (χ0n) is 12.4. The molecule has 5 nitrogen and oxygen atoms in total. The Labute approximate surface area is 124 Å². The van der Waals surface area contributed by atoms with Crippen LogP contribution < -0.4 is 0 Å². The first kappa shape index (κ1) is 15.5. The molecule has 5 heteroatoms. The predicted molar refractivity (Wildman–Crippen MR) is 77.8 cm³/mol. The molecule has 0 spiro atoms. The highest BCUT2D eigenvalue weighted by Crippen LogP contribution is 2.22. The number of carboxylic acid groups (broad SMARTS) is 1. The number of carbonyl (C=O) groups excluding carboxylic acids is 1. The van der Waals surface area contributed by atoms with Gasteiger partial charge in [0.15, 0.2) is 6.10 Å². The second-order valence-electron chi connectivity index (χ2n) is 5.37. The van der Waals surface area contributed by atoms with E-state index in [2.05, 4.69) is 0 Å². The van der Waals surface area contributed by atoms with E-state index in [9.17, 15) is 9.59 Å². The van der Waals surface area contributed by atoms with E-state index < -0.39 is 18.2 Å². The van der Waals surface area contributed by atoms with Crippen molar-refractivity contribution >= 4 is 11.9 Å². The molecular weight excluding hydrogens is 270 g/mol. The fourth-order valence-electron chi connectivity index (χ4n) is 2.58. The second-order valence-corrected chi connectivity index (χ2v) is 5.37. The van der Waals surface area contributed by atoms with Crippen LogP contribution in [0, 0.1) is 6.92 Å². The molecule has 1 aromatic carbocycles. The SMILES string of the molecule is CCN(Cc1cccc(C)c1)C(=O)C1CCC(C(=O)O)O1. The standard InChI is InChI=1S/C16H21NO4/c1-3-17(10-12-6-4-5-11(2)9-12)15(18)13-7-8-14(21-13)16(19)20/h4-6,9,13-14H,3,7-8,10H2,1-2H3,(H,19,20). The lowest BCUT2D eigenvalue weighted by atomic mass is 10.1. The lowest BCUT2D eigenvalue weighted by Gasteiger charge is -2.24. The maximum Gasteiger partial charge on any atom is 0.332 e. The van der Waals surface area contributed by atoms with E-state index in [0.29, 0.717) is 25.9 Å². The number of likely N-dealkylation sites (N-methyl/N-ethyl adjacent to an activating group) is 1. The molecule has 1 amide bonds. The lowest BCUT2D eigenvalue weighted by molar-refractivity contribution is -0.155. The summed E-state index contributed by atoms with van der Waals surface area (Å²) >= 11 is 0. The normalized spacial score (nSPS) is 21.2. The van der Waals surface area contributed by atoms with Crippen molar-refractivity contribution in [2.45, 2.75) is 45.4 Å². The molecule has 2 unspecified atom stereocenters. The van der Waals surface area contributed by atoms with Crippen molar-refractivity contribution in [3.63, 3.8) is 0 Å². The van der Waals surface area contributed by atoms with Crippen LogP contribution in [0.5, 0.6) is 0 Å². The van der Waals surface area contributed by atoms with E-state index in [1.54, 1.807) is 4.90 Å². The molecule has 2 rings (SSSR count). The van der Waals surface area contributed by atoms with Crippen molar-refractivity contribution in [2.75, 3.05) is 6.54 Å². The van der Waals surface area contributed by atoms with Crippen molar-refractivity contribution in [1.29, 1.82) is 0 Å². The van der Waals surface area contributed by atoms with E-state index >= 15 is 0 Å². The molecule has 1 saturated heterocycles. The summed E-state index contributed by atoms with van der Waals surface area (Å²) in [5.74, 6) is -1.12. The van der Waals surface area contributed by atoms with E-state index in [0.717, 1.165) is 11.1 Å². The molecular formula is C16H21NO4. The van der Waals surface area contributed by atoms with E-state index in [1.807, 2.05) is 38.1 Å². The Bertz CT molecular complexity index is 529. The maximum absolute atomic E-state index is 12.4. The summed E-state index contributed by atoms with van der Waals surface area (Å²) in [7, 11) is 0. The molecule has 1 aromatic rings. The van der Waals surface area contributed by atoms with Crippen molar-refractivity contribution in [2.24, 2.45) is 0 Å². The van der Waals surface area contributed by atoms with Crippen LogP contribution in [0.2, 0.25) is 0 Å². The summed E-state index contributed by atoms with van der Waals surface area (Å²) in [6, 6.07) is 8.01. The van der Waals surface area contributed by atoms with Gasteiger partial charge in [-0.3, -0.25) is 4.79 Å². The fraction of sp³-hybridized carbons (Fsp3) is 0.500. The first-order chi connectivity index (χ1) is 10.0. The van der Waals surface area contributed by atoms with Gasteiger partial charge in [0.1, 0.15) is 6.10 Å². The minimum Gasteiger partial charge on any atom is -0.479 e. The van der Waals surface area contributed by atoms with Gasteiger partial charge in [0.2, 0.25) is 0 Å². The van der Waals surface area contributed by atoms with Crippen LogP contribution in [0.25, 0.3) is 0 Å². The number of ether oxygens (including phenoxy) is 1. The minimum atomic E-state index is -0.993. The van der Waals surface area contributed by atoms with Crippen LogP contribution in [-0.2, 0) is 20.9 Å². The summed E-state index contributed by atoms with van der Waals surface area (Å²) in [5.41, 5.74) is 2.22. The highest BCUT2D eigenvalue weighted by molar-refractivity contribution is 5.82. The second kappa shape index (κ2) is 6.72. The first-order valence-corrected chi connectivity index (χ1v) is 7.24. The number of hydrogen-bond donors (Lipinski definition) is 1. The molecule has 0 aliphatic carbocycles. The van der Waals surface area contributed by atoms with Crippen molar-refractivity contribution in [1.82, 2.24) is 4.90 Å². The van der Waals surface area contributed by atoms with Gasteiger partial charge in [-0.1, -0.05) is 29.8 Å². The summed E-state index contributed by atoms with van der Waals surface area (Å²) in [6.45, 7) is 5.02. The molecule has 1 N–H and O–H groups in total. The zero-order chi connectivity index (χ0) is 15.4. The summed E-state index contributed by atoms with van der Waals surface area (Å²) in [5, 5.41) is 8.92. The number of benzene rings is 1. The van der Waals surface area contributed by atoms with Crippen LogP contribution in [0.15, 0.2) is 24.3 Å². The molecule has 1 aliphatic rings. The maximum atomic E-state index is 12.4. The highest BCUT2D eigenvalue weighted by Gasteiger charge is 2.36. The third kappa shape index (κ3) is 3.82. The minimum absolute atomic E-state index is 0.122. The number of rotatable bonds is 5. The Morgan fingerprint density at radius 3 is 2.62 bits per heavy atom. The topological polar surface area (TPSA) is 66.8 Å². The average molecular weight is 291 g/mol. The Balaban J connectivity index is 2.01. The van der Waals surface area contributed by atoms with Crippen LogP contribution in [-0.4, -0.2) is 40.6 Å². The number of amides is 1. The van der Waals surface area contributed by atoms with Crippen LogP contribution in [0.4, 0.5) is 0 Å². The summed E-state index contributed by atoms with van der Waals surface area (Å²) in [4.78, 5) is 25.0. The number of carbonyl (C=O) groups is 2. The fourth-order valence-corrected chi connectivity index (χ4v) is 2.58. The van der Waals surface area contributed by atoms with Crippen molar-refractivity contribution in [3.8, 4) is 0 Å². The Hall–Kier alpha value is -1.88. The molecule has 0 bridgehead atoms. The van der Waals surface area contributed by atoms with E-state index in [4.69, 9.17) is 9.84 Å². The number of nitrogens with zero attached hydrogens (tertiary/aromatic N) is 1. The average Bonchev–Trinajstić information content (AvgIpc) is 2.94. The Morgan fingerprint density at radius 1 is 1.33 bits per heavy atom. The molecule has 21 heavy (non-hydrogen) atoms. The molecule has 2 atom stereocenters. The van der Waals surface area contributed by atoms with Gasteiger partial charge in [-0.15, -0.1) is 0 Å². The molecule has 1 heterocycles. The van der Waals surface area contributed by atoms with Gasteiger partial charge < -0.3 is 14.7 Å². The summed E-state index contributed by atoms with van der Waals surface area (Å²) < 4.78 is 5.34. The van der Waals surface area contributed by atoms with Gasteiger partial charge in [0.05, 0.1) is 0 Å². The smallest absolute Gasteiger partial charge is 0.332 e. The van der Waals surface area contributed by atoms with Gasteiger partial charge in [-0.05, 0) is 32.3 Å². The lowest BCUT2D eigenvalue weighted by Crippen LogP contribution is -2.39. The number of aliphatic carboxylic acids is 1. The van der Waals surface area contributed by atoms with Gasteiger partial charge in [-0.2, -0.15) is 0 Å². The van der Waals surface area contributed by atoms with Gasteiger partial charge >= 0.3 is 5.97 Å². The third-order valence-electron chi connectivity index (χ3n) is 3.72. The molecule has 0 radical (unpaired) electrons. The molecule has 1 fully saturated rings.